The molecule has 0 spiro atoms. The van der Waals surface area contributed by atoms with E-state index in [1.165, 1.54) is 5.39 Å². The standard InChI is InChI=1S/C15H11BrClNS/c16-12(15-13(17)7-8-19-15)9-11-6-5-10-3-1-2-4-14(10)18-11/h1-8,12H,9H2. The Kier molecular flexibility index (Phi) is 3.87. The first-order valence-corrected chi connectivity index (χ1v) is 8.13. The maximum atomic E-state index is 6.16. The van der Waals surface area contributed by atoms with Gasteiger partial charge in [-0.3, -0.25) is 4.98 Å². The van der Waals surface area contributed by atoms with Gasteiger partial charge in [0.05, 0.1) is 15.4 Å². The molecule has 1 nitrogen and oxygen atoms in total. The maximum absolute atomic E-state index is 6.16. The molecule has 1 aromatic carbocycles. The number of aromatic nitrogens is 1. The fourth-order valence-corrected chi connectivity index (χ4v) is 4.23. The van der Waals surface area contributed by atoms with Crippen LogP contribution < -0.4 is 0 Å². The van der Waals surface area contributed by atoms with Gasteiger partial charge in [0.2, 0.25) is 0 Å². The molecule has 0 radical (unpaired) electrons. The van der Waals surface area contributed by atoms with E-state index >= 15 is 0 Å². The van der Waals surface area contributed by atoms with Crippen LogP contribution in [-0.4, -0.2) is 4.98 Å². The largest absolute Gasteiger partial charge is 0.253 e. The number of para-hydroxylation sites is 1. The Morgan fingerprint density at radius 3 is 2.79 bits per heavy atom. The van der Waals surface area contributed by atoms with E-state index in [2.05, 4.69) is 39.1 Å². The second-order valence-corrected chi connectivity index (χ2v) is 6.76. The van der Waals surface area contributed by atoms with Crippen molar-refractivity contribution in [2.45, 2.75) is 11.2 Å². The summed E-state index contributed by atoms with van der Waals surface area (Å²) in [5.41, 5.74) is 2.11. The lowest BCUT2D eigenvalue weighted by atomic mass is 10.1. The number of thiophene rings is 1. The van der Waals surface area contributed by atoms with Gasteiger partial charge in [-0.15, -0.1) is 11.3 Å². The van der Waals surface area contributed by atoms with Crippen molar-refractivity contribution in [1.82, 2.24) is 4.98 Å². The normalized spacial score (nSPS) is 12.7. The molecule has 0 bridgehead atoms. The van der Waals surface area contributed by atoms with Gasteiger partial charge < -0.3 is 0 Å². The predicted molar refractivity (Wildman–Crippen MR) is 86.4 cm³/mol. The van der Waals surface area contributed by atoms with E-state index in [4.69, 9.17) is 11.6 Å². The molecule has 2 aromatic heterocycles. The molecule has 0 N–H and O–H groups in total. The number of pyridine rings is 1. The van der Waals surface area contributed by atoms with Crippen molar-refractivity contribution in [3.05, 3.63) is 63.4 Å². The number of rotatable bonds is 3. The van der Waals surface area contributed by atoms with E-state index < -0.39 is 0 Å². The second kappa shape index (κ2) is 5.61. The molecule has 0 aliphatic heterocycles. The molecule has 3 rings (SSSR count). The summed E-state index contributed by atoms with van der Waals surface area (Å²) in [5.74, 6) is 0. The van der Waals surface area contributed by atoms with Gasteiger partial charge in [0, 0.05) is 22.4 Å². The zero-order valence-electron chi connectivity index (χ0n) is 10.0. The Bertz CT molecular complexity index is 710. The third-order valence-electron chi connectivity index (χ3n) is 2.97. The Labute approximate surface area is 129 Å². The molecule has 1 unspecified atom stereocenters. The summed E-state index contributed by atoms with van der Waals surface area (Å²) in [6.45, 7) is 0. The molecule has 0 aliphatic carbocycles. The van der Waals surface area contributed by atoms with Crippen LogP contribution in [0.15, 0.2) is 47.8 Å². The molecule has 0 aliphatic rings. The van der Waals surface area contributed by atoms with Gasteiger partial charge in [-0.25, -0.2) is 0 Å². The van der Waals surface area contributed by atoms with Crippen LogP contribution in [0.4, 0.5) is 0 Å². The monoisotopic (exact) mass is 351 g/mol. The minimum Gasteiger partial charge on any atom is -0.253 e. The van der Waals surface area contributed by atoms with Gasteiger partial charge in [-0.2, -0.15) is 0 Å². The highest BCUT2D eigenvalue weighted by Crippen LogP contribution is 2.36. The Morgan fingerprint density at radius 1 is 1.16 bits per heavy atom. The zero-order chi connectivity index (χ0) is 13.2. The number of hydrogen-bond donors (Lipinski definition) is 0. The van der Waals surface area contributed by atoms with Gasteiger partial charge in [0.1, 0.15) is 0 Å². The minimum absolute atomic E-state index is 0.216. The Morgan fingerprint density at radius 2 is 2.00 bits per heavy atom. The summed E-state index contributed by atoms with van der Waals surface area (Å²) in [5, 5.41) is 4.01. The Hall–Kier alpha value is -0.900. The van der Waals surface area contributed by atoms with Crippen LogP contribution in [0.5, 0.6) is 0 Å². The lowest BCUT2D eigenvalue weighted by molar-refractivity contribution is 0.929. The molecule has 3 aromatic rings. The van der Waals surface area contributed by atoms with Crippen molar-refractivity contribution in [3.63, 3.8) is 0 Å². The fraction of sp³-hybridized carbons (Fsp3) is 0.133. The van der Waals surface area contributed by atoms with Crippen LogP contribution in [0.25, 0.3) is 10.9 Å². The van der Waals surface area contributed by atoms with Crippen LogP contribution in [0.1, 0.15) is 15.4 Å². The summed E-state index contributed by atoms with van der Waals surface area (Å²) in [4.78, 5) is 6.07. The Balaban J connectivity index is 1.87. The van der Waals surface area contributed by atoms with Crippen molar-refractivity contribution in [3.8, 4) is 0 Å². The molecule has 0 saturated carbocycles. The van der Waals surface area contributed by atoms with Gasteiger partial charge in [0.25, 0.3) is 0 Å². The van der Waals surface area contributed by atoms with Crippen LogP contribution in [0.2, 0.25) is 5.02 Å². The molecule has 0 saturated heterocycles. The first kappa shape index (κ1) is 13.1. The zero-order valence-corrected chi connectivity index (χ0v) is 13.2. The number of alkyl halides is 1. The van der Waals surface area contributed by atoms with Gasteiger partial charge in [-0.1, -0.05) is 51.8 Å². The first-order valence-electron chi connectivity index (χ1n) is 5.95. The van der Waals surface area contributed by atoms with Crippen molar-refractivity contribution < 1.29 is 0 Å². The molecule has 96 valence electrons. The average Bonchev–Trinajstić information content (AvgIpc) is 2.85. The van der Waals surface area contributed by atoms with E-state index in [0.717, 1.165) is 27.5 Å². The highest BCUT2D eigenvalue weighted by Gasteiger charge is 2.14. The summed E-state index contributed by atoms with van der Waals surface area (Å²) in [6, 6.07) is 14.3. The van der Waals surface area contributed by atoms with E-state index in [0.29, 0.717) is 0 Å². The van der Waals surface area contributed by atoms with Crippen LogP contribution >= 0.6 is 38.9 Å². The SMILES string of the molecule is Clc1ccsc1C(Br)Cc1ccc2ccccc2n1. The summed E-state index contributed by atoms with van der Waals surface area (Å²) >= 11 is 11.5. The molecule has 1 atom stereocenters. The highest BCUT2D eigenvalue weighted by molar-refractivity contribution is 9.09. The molecule has 0 amide bonds. The quantitative estimate of drug-likeness (QED) is 0.557. The number of nitrogens with zero attached hydrogens (tertiary/aromatic N) is 1. The van der Waals surface area contributed by atoms with E-state index in [1.807, 2.05) is 29.6 Å². The van der Waals surface area contributed by atoms with Crippen molar-refractivity contribution in [2.75, 3.05) is 0 Å². The van der Waals surface area contributed by atoms with E-state index in [1.54, 1.807) is 11.3 Å². The minimum atomic E-state index is 0.216. The molecule has 19 heavy (non-hydrogen) atoms. The lowest BCUT2D eigenvalue weighted by Gasteiger charge is -2.09. The van der Waals surface area contributed by atoms with Crippen molar-refractivity contribution >= 4 is 49.8 Å². The smallest absolute Gasteiger partial charge is 0.0705 e. The van der Waals surface area contributed by atoms with Crippen LogP contribution in [0, 0.1) is 0 Å². The number of hydrogen-bond acceptors (Lipinski definition) is 2. The van der Waals surface area contributed by atoms with Crippen molar-refractivity contribution in [2.24, 2.45) is 0 Å². The van der Waals surface area contributed by atoms with Crippen LogP contribution in [0.3, 0.4) is 0 Å². The third-order valence-corrected chi connectivity index (χ3v) is 5.53. The van der Waals surface area contributed by atoms with Crippen molar-refractivity contribution in [1.29, 1.82) is 0 Å². The summed E-state index contributed by atoms with van der Waals surface area (Å²) in [6.07, 6.45) is 0.838. The lowest BCUT2D eigenvalue weighted by Crippen LogP contribution is -1.96. The summed E-state index contributed by atoms with van der Waals surface area (Å²) < 4.78 is 0. The number of benzene rings is 1. The fourth-order valence-electron chi connectivity index (χ4n) is 2.03. The second-order valence-electron chi connectivity index (χ2n) is 4.30. The third kappa shape index (κ3) is 2.83. The van der Waals surface area contributed by atoms with E-state index in [9.17, 15) is 0 Å². The van der Waals surface area contributed by atoms with Crippen LogP contribution in [-0.2, 0) is 6.42 Å². The molecule has 2 heterocycles. The molecular formula is C15H11BrClNS. The molecule has 4 heteroatoms. The topological polar surface area (TPSA) is 12.9 Å². The molecular weight excluding hydrogens is 342 g/mol. The highest BCUT2D eigenvalue weighted by atomic mass is 79.9. The maximum Gasteiger partial charge on any atom is 0.0705 e. The van der Waals surface area contributed by atoms with E-state index in [-0.39, 0.29) is 4.83 Å². The first-order chi connectivity index (χ1) is 9.24. The number of halogens is 2. The van der Waals surface area contributed by atoms with Gasteiger partial charge >= 0.3 is 0 Å². The average molecular weight is 353 g/mol. The number of fused-ring (bicyclic) bond motifs is 1. The molecule has 0 fully saturated rings. The van der Waals surface area contributed by atoms with Gasteiger partial charge in [-0.05, 0) is 23.6 Å². The van der Waals surface area contributed by atoms with Gasteiger partial charge in [0.15, 0.2) is 0 Å². The predicted octanol–water partition coefficient (Wildman–Crippen LogP) is 5.63. The summed E-state index contributed by atoms with van der Waals surface area (Å²) in [7, 11) is 0.